The van der Waals surface area contributed by atoms with Crippen LogP contribution in [0.1, 0.15) is 27.2 Å². The molecular formula is C30H27N5O6S. The van der Waals surface area contributed by atoms with Crippen LogP contribution in [0.15, 0.2) is 72.1 Å². The summed E-state index contributed by atoms with van der Waals surface area (Å²) in [6.45, 7) is 0.208. The Kier molecular flexibility index (Phi) is 10.2. The van der Waals surface area contributed by atoms with E-state index in [1.807, 2.05) is 36.4 Å². The lowest BCUT2D eigenvalue weighted by atomic mass is 9.96. The Hall–Kier alpha value is -5.25. The van der Waals surface area contributed by atoms with E-state index in [1.54, 1.807) is 35.7 Å². The molecule has 4 aromatic rings. The number of carbonyl (C=O) groups is 3. The van der Waals surface area contributed by atoms with Crippen LogP contribution in [0.5, 0.6) is 5.75 Å². The Morgan fingerprint density at radius 2 is 1.86 bits per heavy atom. The number of nitrogens with one attached hydrogen (secondary N) is 3. The van der Waals surface area contributed by atoms with Crippen molar-refractivity contribution in [3.8, 4) is 34.2 Å². The highest BCUT2D eigenvalue weighted by Crippen LogP contribution is 2.36. The van der Waals surface area contributed by atoms with Crippen molar-refractivity contribution in [2.45, 2.75) is 13.0 Å². The maximum atomic E-state index is 13.0. The van der Waals surface area contributed by atoms with E-state index in [0.29, 0.717) is 33.0 Å². The highest BCUT2D eigenvalue weighted by atomic mass is 32.1. The van der Waals surface area contributed by atoms with E-state index in [0.717, 1.165) is 5.56 Å². The maximum Gasteiger partial charge on any atom is 0.404 e. The minimum absolute atomic E-state index is 0.00205. The Morgan fingerprint density at radius 1 is 1.02 bits per heavy atom. The smallest absolute Gasteiger partial charge is 0.404 e. The van der Waals surface area contributed by atoms with Gasteiger partial charge in [0.05, 0.1) is 10.6 Å². The van der Waals surface area contributed by atoms with E-state index < -0.39 is 12.0 Å². The van der Waals surface area contributed by atoms with Gasteiger partial charge in [0.25, 0.3) is 5.91 Å². The van der Waals surface area contributed by atoms with Gasteiger partial charge in [0.2, 0.25) is 5.91 Å². The lowest BCUT2D eigenvalue weighted by molar-refractivity contribution is -0.121. The summed E-state index contributed by atoms with van der Waals surface area (Å²) >= 11 is 1.27. The summed E-state index contributed by atoms with van der Waals surface area (Å²) in [5.74, 6) is -0.111. The van der Waals surface area contributed by atoms with Crippen molar-refractivity contribution >= 4 is 35.1 Å². The molecular weight excluding hydrogens is 558 g/mol. The first kappa shape index (κ1) is 29.7. The number of rotatable bonds is 12. The van der Waals surface area contributed by atoms with Gasteiger partial charge in [0.15, 0.2) is 12.6 Å². The Morgan fingerprint density at radius 3 is 2.60 bits per heavy atom. The second kappa shape index (κ2) is 14.4. The number of nitrogens with zero attached hydrogens (tertiary/aromatic N) is 2. The quantitative estimate of drug-likeness (QED) is 0.171. The SMILES string of the molecule is COCOc1ccccc1-c1cc(-c2cccc(CNC(=O)CCNC(=O)O)c2)c(C#N)c(NC(=O)c2cccs2)n1. The molecule has 0 aliphatic rings. The van der Waals surface area contributed by atoms with Crippen molar-refractivity contribution in [3.05, 3.63) is 88.1 Å². The minimum Gasteiger partial charge on any atom is -0.467 e. The molecule has 0 radical (unpaired) electrons. The van der Waals surface area contributed by atoms with Gasteiger partial charge in [-0.1, -0.05) is 36.4 Å². The van der Waals surface area contributed by atoms with Crippen molar-refractivity contribution in [1.29, 1.82) is 5.26 Å². The number of benzene rings is 2. The predicted octanol–water partition coefficient (Wildman–Crippen LogP) is 4.86. The van der Waals surface area contributed by atoms with Gasteiger partial charge in [-0.05, 0) is 46.8 Å². The molecule has 0 aliphatic carbocycles. The molecule has 4 rings (SSSR count). The summed E-state index contributed by atoms with van der Waals surface area (Å²) in [5.41, 5.74) is 3.19. The van der Waals surface area contributed by atoms with Crippen LogP contribution >= 0.6 is 11.3 Å². The second-order valence-corrected chi connectivity index (χ2v) is 9.78. The first-order valence-corrected chi connectivity index (χ1v) is 13.6. The molecule has 42 heavy (non-hydrogen) atoms. The molecule has 214 valence electrons. The average molecular weight is 586 g/mol. The number of amides is 3. The third-order valence-corrected chi connectivity index (χ3v) is 6.83. The van der Waals surface area contributed by atoms with Crippen molar-refractivity contribution < 1.29 is 29.0 Å². The maximum absolute atomic E-state index is 13.0. The number of hydrogen-bond donors (Lipinski definition) is 4. The number of thiophene rings is 1. The summed E-state index contributed by atoms with van der Waals surface area (Å²) in [5, 5.41) is 28.4. The Bertz CT molecular complexity index is 1620. The van der Waals surface area contributed by atoms with Crippen molar-refractivity contribution in [2.24, 2.45) is 0 Å². The molecule has 0 saturated heterocycles. The van der Waals surface area contributed by atoms with Crippen LogP contribution in [0.4, 0.5) is 10.6 Å². The number of para-hydroxylation sites is 1. The van der Waals surface area contributed by atoms with E-state index in [4.69, 9.17) is 14.6 Å². The molecule has 0 atom stereocenters. The number of carboxylic acid groups (broad SMARTS) is 1. The highest BCUT2D eigenvalue weighted by molar-refractivity contribution is 7.12. The van der Waals surface area contributed by atoms with Gasteiger partial charge in [0, 0.05) is 37.7 Å². The number of aromatic nitrogens is 1. The monoisotopic (exact) mass is 585 g/mol. The van der Waals surface area contributed by atoms with Gasteiger partial charge >= 0.3 is 6.09 Å². The number of ether oxygens (including phenoxy) is 2. The zero-order valence-electron chi connectivity index (χ0n) is 22.5. The van der Waals surface area contributed by atoms with E-state index in [2.05, 4.69) is 27.0 Å². The van der Waals surface area contributed by atoms with Gasteiger partial charge in [0.1, 0.15) is 17.4 Å². The largest absolute Gasteiger partial charge is 0.467 e. The van der Waals surface area contributed by atoms with Crippen LogP contribution in [-0.2, 0) is 16.1 Å². The molecule has 0 bridgehead atoms. The normalized spacial score (nSPS) is 10.4. The molecule has 0 spiro atoms. The molecule has 0 fully saturated rings. The standard InChI is InChI=1S/C30H27N5O6S/c1-40-18-41-25-9-3-2-8-21(25)24-15-22(23(16-31)28(34-24)35-29(37)26-10-5-13-42-26)20-7-4-6-19(14-20)17-33-27(36)11-12-32-30(38)39/h2-10,13-15,32H,11-12,17-18H2,1H3,(H,33,36)(H,38,39)(H,34,35,37). The lowest BCUT2D eigenvalue weighted by Gasteiger charge is -2.16. The molecule has 2 aromatic heterocycles. The summed E-state index contributed by atoms with van der Waals surface area (Å²) in [7, 11) is 1.52. The topological polar surface area (TPSA) is 163 Å². The zero-order chi connectivity index (χ0) is 29.9. The number of pyridine rings is 1. The fraction of sp³-hybridized carbons (Fsp3) is 0.167. The molecule has 0 unspecified atom stereocenters. The van der Waals surface area contributed by atoms with Crippen LogP contribution in [0.2, 0.25) is 0 Å². The summed E-state index contributed by atoms with van der Waals surface area (Å²) < 4.78 is 10.8. The first-order valence-electron chi connectivity index (χ1n) is 12.7. The lowest BCUT2D eigenvalue weighted by Crippen LogP contribution is -2.29. The number of anilines is 1. The van der Waals surface area contributed by atoms with Crippen LogP contribution in [0.3, 0.4) is 0 Å². The molecule has 2 heterocycles. The Balaban J connectivity index is 1.72. The summed E-state index contributed by atoms with van der Waals surface area (Å²) in [6, 6.07) is 21.9. The van der Waals surface area contributed by atoms with Crippen molar-refractivity contribution in [3.63, 3.8) is 0 Å². The summed E-state index contributed by atoms with van der Waals surface area (Å²) in [4.78, 5) is 40.9. The predicted molar refractivity (Wildman–Crippen MR) is 157 cm³/mol. The molecule has 0 aliphatic heterocycles. The highest BCUT2D eigenvalue weighted by Gasteiger charge is 2.20. The van der Waals surface area contributed by atoms with Gasteiger partial charge in [-0.25, -0.2) is 9.78 Å². The van der Waals surface area contributed by atoms with E-state index in [9.17, 15) is 19.6 Å². The third-order valence-electron chi connectivity index (χ3n) is 5.96. The number of carbonyl (C=O) groups excluding carboxylic acids is 2. The molecule has 0 saturated carbocycles. The molecule has 2 aromatic carbocycles. The van der Waals surface area contributed by atoms with Gasteiger partial charge in [-0.15, -0.1) is 11.3 Å². The fourth-order valence-electron chi connectivity index (χ4n) is 4.04. The number of methoxy groups -OCH3 is 1. The van der Waals surface area contributed by atoms with E-state index in [1.165, 1.54) is 18.4 Å². The van der Waals surface area contributed by atoms with Gasteiger partial charge < -0.3 is 30.5 Å². The van der Waals surface area contributed by atoms with Crippen molar-refractivity contribution in [1.82, 2.24) is 15.6 Å². The molecule has 11 nitrogen and oxygen atoms in total. The minimum atomic E-state index is -1.20. The Labute approximate surface area is 245 Å². The number of hydrogen-bond acceptors (Lipinski definition) is 8. The van der Waals surface area contributed by atoms with Crippen LogP contribution in [-0.4, -0.2) is 48.4 Å². The third kappa shape index (κ3) is 7.69. The van der Waals surface area contributed by atoms with E-state index in [-0.39, 0.29) is 43.6 Å². The number of nitriles is 1. The van der Waals surface area contributed by atoms with Gasteiger partial charge in [-0.3, -0.25) is 9.59 Å². The average Bonchev–Trinajstić information content (AvgIpc) is 3.54. The zero-order valence-corrected chi connectivity index (χ0v) is 23.4. The van der Waals surface area contributed by atoms with Gasteiger partial charge in [-0.2, -0.15) is 5.26 Å². The molecule has 4 N–H and O–H groups in total. The van der Waals surface area contributed by atoms with Crippen LogP contribution < -0.4 is 20.7 Å². The van der Waals surface area contributed by atoms with Crippen LogP contribution in [0.25, 0.3) is 22.4 Å². The molecule has 12 heteroatoms. The van der Waals surface area contributed by atoms with E-state index >= 15 is 0 Å². The summed E-state index contributed by atoms with van der Waals surface area (Å²) in [6.07, 6.45) is -1.20. The fourth-order valence-corrected chi connectivity index (χ4v) is 4.66. The molecule has 3 amide bonds. The van der Waals surface area contributed by atoms with Crippen molar-refractivity contribution in [2.75, 3.05) is 25.8 Å². The van der Waals surface area contributed by atoms with Crippen LogP contribution in [0, 0.1) is 11.3 Å². The second-order valence-electron chi connectivity index (χ2n) is 8.83. The first-order chi connectivity index (χ1) is 20.4.